The number of benzene rings is 2. The minimum Gasteiger partial charge on any atom is -0.386 e. The van der Waals surface area contributed by atoms with Gasteiger partial charge in [0.05, 0.1) is 22.4 Å². The van der Waals surface area contributed by atoms with Crippen LogP contribution in [-0.4, -0.2) is 54.2 Å². The number of fused-ring (bicyclic) bond motifs is 1. The third-order valence-corrected chi connectivity index (χ3v) is 6.43. The highest BCUT2D eigenvalue weighted by Gasteiger charge is 2.15. The monoisotopic (exact) mass is 443 g/mol. The molecule has 0 saturated carbocycles. The van der Waals surface area contributed by atoms with Crippen LogP contribution >= 0.6 is 0 Å². The predicted octanol–water partition coefficient (Wildman–Crippen LogP) is 4.85. The first kappa shape index (κ1) is 21.6. The van der Waals surface area contributed by atoms with Crippen LogP contribution in [0.1, 0.15) is 6.42 Å². The SMILES string of the molecule is CNc1ccc(-c2ccc3c(n2)c(-c2ccccc2)cn3CCCN2CCNCC2)cc1F. The molecule has 5 rings (SSSR count). The van der Waals surface area contributed by atoms with Crippen molar-refractivity contribution in [1.29, 1.82) is 0 Å². The van der Waals surface area contributed by atoms with Gasteiger partial charge in [-0.1, -0.05) is 36.4 Å². The number of anilines is 1. The number of piperazine rings is 1. The van der Waals surface area contributed by atoms with Crippen LogP contribution in [0.15, 0.2) is 66.9 Å². The maximum Gasteiger partial charge on any atom is 0.146 e. The molecular formula is C27H30FN5. The maximum atomic E-state index is 14.4. The number of nitrogens with one attached hydrogen (secondary N) is 2. The molecule has 1 aliphatic heterocycles. The molecule has 0 radical (unpaired) electrons. The fraction of sp³-hybridized carbons (Fsp3) is 0.296. The van der Waals surface area contributed by atoms with Gasteiger partial charge in [-0.05, 0) is 42.8 Å². The Kier molecular flexibility index (Phi) is 6.37. The zero-order valence-corrected chi connectivity index (χ0v) is 19.0. The van der Waals surface area contributed by atoms with Crippen molar-refractivity contribution in [1.82, 2.24) is 19.8 Å². The molecule has 2 N–H and O–H groups in total. The van der Waals surface area contributed by atoms with E-state index in [1.807, 2.05) is 18.2 Å². The van der Waals surface area contributed by atoms with Gasteiger partial charge in [0, 0.05) is 57.1 Å². The molecule has 1 aliphatic rings. The minimum atomic E-state index is -0.273. The zero-order chi connectivity index (χ0) is 22.6. The van der Waals surface area contributed by atoms with Gasteiger partial charge in [-0.2, -0.15) is 0 Å². The zero-order valence-electron chi connectivity index (χ0n) is 19.0. The van der Waals surface area contributed by atoms with Crippen molar-refractivity contribution in [3.63, 3.8) is 0 Å². The number of halogens is 1. The summed E-state index contributed by atoms with van der Waals surface area (Å²) >= 11 is 0. The Morgan fingerprint density at radius 2 is 1.79 bits per heavy atom. The largest absolute Gasteiger partial charge is 0.386 e. The molecule has 2 aromatic carbocycles. The van der Waals surface area contributed by atoms with Crippen molar-refractivity contribution in [3.05, 3.63) is 72.7 Å². The standard InChI is InChI=1S/C27H30FN5/c1-29-25-9-8-21(18-23(25)28)24-10-11-26-27(31-24)22(20-6-3-2-4-7-20)19-33(26)15-5-14-32-16-12-30-13-17-32/h2-4,6-11,18-19,29-30H,5,12-17H2,1H3. The number of hydrogen-bond donors (Lipinski definition) is 2. The van der Waals surface area contributed by atoms with Gasteiger partial charge < -0.3 is 20.1 Å². The quantitative estimate of drug-likeness (QED) is 0.429. The molecule has 0 aliphatic carbocycles. The molecule has 1 fully saturated rings. The fourth-order valence-corrected chi connectivity index (χ4v) is 4.62. The summed E-state index contributed by atoms with van der Waals surface area (Å²) in [5, 5.41) is 6.29. The lowest BCUT2D eigenvalue weighted by Crippen LogP contribution is -2.43. The minimum absolute atomic E-state index is 0.273. The molecule has 170 valence electrons. The number of rotatable bonds is 7. The lowest BCUT2D eigenvalue weighted by molar-refractivity contribution is 0.235. The second kappa shape index (κ2) is 9.73. The van der Waals surface area contributed by atoms with E-state index in [0.717, 1.165) is 79.1 Å². The van der Waals surface area contributed by atoms with E-state index in [1.165, 1.54) is 0 Å². The van der Waals surface area contributed by atoms with Crippen LogP contribution in [0.5, 0.6) is 0 Å². The van der Waals surface area contributed by atoms with E-state index in [9.17, 15) is 4.39 Å². The smallest absolute Gasteiger partial charge is 0.146 e. The van der Waals surface area contributed by atoms with Gasteiger partial charge in [0.2, 0.25) is 0 Å². The van der Waals surface area contributed by atoms with E-state index in [4.69, 9.17) is 4.98 Å². The highest BCUT2D eigenvalue weighted by Crippen LogP contribution is 2.32. The maximum absolute atomic E-state index is 14.4. The normalized spacial score (nSPS) is 14.6. The van der Waals surface area contributed by atoms with E-state index >= 15 is 0 Å². The third-order valence-electron chi connectivity index (χ3n) is 6.43. The van der Waals surface area contributed by atoms with Gasteiger partial charge >= 0.3 is 0 Å². The molecule has 1 saturated heterocycles. The fourth-order valence-electron chi connectivity index (χ4n) is 4.62. The topological polar surface area (TPSA) is 45.1 Å². The number of aromatic nitrogens is 2. The van der Waals surface area contributed by atoms with Crippen LogP contribution < -0.4 is 10.6 Å². The second-order valence-corrected chi connectivity index (χ2v) is 8.56. The van der Waals surface area contributed by atoms with Crippen molar-refractivity contribution in [2.75, 3.05) is 45.1 Å². The Bertz CT molecular complexity index is 1230. The van der Waals surface area contributed by atoms with Crippen molar-refractivity contribution in [2.45, 2.75) is 13.0 Å². The van der Waals surface area contributed by atoms with Gasteiger partial charge in [-0.3, -0.25) is 0 Å². The molecule has 2 aromatic heterocycles. The van der Waals surface area contributed by atoms with Crippen LogP contribution in [0.4, 0.5) is 10.1 Å². The van der Waals surface area contributed by atoms with Gasteiger partial charge in [0.1, 0.15) is 5.82 Å². The van der Waals surface area contributed by atoms with E-state index in [2.05, 4.69) is 56.6 Å². The molecule has 0 spiro atoms. The molecule has 33 heavy (non-hydrogen) atoms. The number of nitrogens with zero attached hydrogens (tertiary/aromatic N) is 3. The van der Waals surface area contributed by atoms with Gasteiger partial charge in [0.25, 0.3) is 0 Å². The van der Waals surface area contributed by atoms with E-state index < -0.39 is 0 Å². The second-order valence-electron chi connectivity index (χ2n) is 8.56. The Hall–Kier alpha value is -3.22. The predicted molar refractivity (Wildman–Crippen MR) is 134 cm³/mol. The number of aryl methyl sites for hydroxylation is 1. The van der Waals surface area contributed by atoms with E-state index in [1.54, 1.807) is 19.2 Å². The highest BCUT2D eigenvalue weighted by molar-refractivity contribution is 5.94. The summed E-state index contributed by atoms with van der Waals surface area (Å²) in [6, 6.07) is 19.7. The molecule has 3 heterocycles. The van der Waals surface area contributed by atoms with Crippen LogP contribution in [0.3, 0.4) is 0 Å². The first-order valence-electron chi connectivity index (χ1n) is 11.7. The first-order valence-corrected chi connectivity index (χ1v) is 11.7. The van der Waals surface area contributed by atoms with Gasteiger partial charge in [0.15, 0.2) is 0 Å². The molecule has 6 heteroatoms. The van der Waals surface area contributed by atoms with Crippen LogP contribution in [0.25, 0.3) is 33.4 Å². The van der Waals surface area contributed by atoms with Gasteiger partial charge in [-0.25, -0.2) is 9.37 Å². The highest BCUT2D eigenvalue weighted by atomic mass is 19.1. The lowest BCUT2D eigenvalue weighted by atomic mass is 10.1. The average molecular weight is 444 g/mol. The molecule has 5 nitrogen and oxygen atoms in total. The van der Waals surface area contributed by atoms with Crippen molar-refractivity contribution >= 4 is 16.7 Å². The molecule has 0 bridgehead atoms. The molecule has 0 unspecified atom stereocenters. The summed E-state index contributed by atoms with van der Waals surface area (Å²) in [6.07, 6.45) is 3.32. The van der Waals surface area contributed by atoms with Crippen LogP contribution in [-0.2, 0) is 6.54 Å². The first-order chi connectivity index (χ1) is 16.2. The summed E-state index contributed by atoms with van der Waals surface area (Å²) in [6.45, 7) is 6.44. The van der Waals surface area contributed by atoms with Crippen LogP contribution in [0, 0.1) is 5.82 Å². The van der Waals surface area contributed by atoms with E-state index in [0.29, 0.717) is 5.69 Å². The number of pyridine rings is 1. The Morgan fingerprint density at radius 3 is 2.55 bits per heavy atom. The average Bonchev–Trinajstić information content (AvgIpc) is 3.23. The van der Waals surface area contributed by atoms with Gasteiger partial charge in [-0.15, -0.1) is 0 Å². The summed E-state index contributed by atoms with van der Waals surface area (Å²) in [7, 11) is 1.72. The van der Waals surface area contributed by atoms with Crippen LogP contribution in [0.2, 0.25) is 0 Å². The molecule has 0 amide bonds. The Morgan fingerprint density at radius 1 is 0.970 bits per heavy atom. The molecule has 0 atom stereocenters. The summed E-state index contributed by atoms with van der Waals surface area (Å²) in [5.41, 5.74) is 6.37. The molecular weight excluding hydrogens is 413 g/mol. The Balaban J connectivity index is 1.49. The Labute approximate surface area is 194 Å². The van der Waals surface area contributed by atoms with E-state index in [-0.39, 0.29) is 5.82 Å². The van der Waals surface area contributed by atoms with Crippen molar-refractivity contribution in [2.24, 2.45) is 0 Å². The summed E-state index contributed by atoms with van der Waals surface area (Å²) in [5.74, 6) is -0.273. The summed E-state index contributed by atoms with van der Waals surface area (Å²) < 4.78 is 16.7. The van der Waals surface area contributed by atoms with Crippen molar-refractivity contribution in [3.8, 4) is 22.4 Å². The number of hydrogen-bond acceptors (Lipinski definition) is 4. The lowest BCUT2D eigenvalue weighted by Gasteiger charge is -2.27. The third kappa shape index (κ3) is 4.63. The molecule has 4 aromatic rings. The summed E-state index contributed by atoms with van der Waals surface area (Å²) in [4.78, 5) is 7.54. The van der Waals surface area contributed by atoms with Crippen molar-refractivity contribution < 1.29 is 4.39 Å².